The Morgan fingerprint density at radius 1 is 1.22 bits per heavy atom. The smallest absolute Gasteiger partial charge is 0.118 e. The van der Waals surface area contributed by atoms with Gasteiger partial charge in [0.05, 0.1) is 32.6 Å². The second kappa shape index (κ2) is 5.61. The van der Waals surface area contributed by atoms with Gasteiger partial charge in [0, 0.05) is 5.56 Å². The monoisotopic (exact) mass is 249 g/mol. The fraction of sp³-hybridized carbons (Fsp3) is 0.333. The highest BCUT2D eigenvalue weighted by molar-refractivity contribution is 5.62. The molecule has 2 N–H and O–H groups in total. The highest BCUT2D eigenvalue weighted by atomic mass is 16.5. The Morgan fingerprint density at radius 2 is 1.94 bits per heavy atom. The molecule has 18 heavy (non-hydrogen) atoms. The summed E-state index contributed by atoms with van der Waals surface area (Å²) in [5, 5.41) is 26.0. The van der Waals surface area contributed by atoms with Crippen molar-refractivity contribution in [1.29, 1.82) is 0 Å². The fourth-order valence-electron chi connectivity index (χ4n) is 1.77. The zero-order valence-corrected chi connectivity index (χ0v) is 10.1. The zero-order chi connectivity index (χ0) is 13.0. The summed E-state index contributed by atoms with van der Waals surface area (Å²) in [6.45, 7) is 0.124. The lowest BCUT2D eigenvalue weighted by Gasteiger charge is -2.07. The van der Waals surface area contributed by atoms with Crippen molar-refractivity contribution in [3.63, 3.8) is 0 Å². The van der Waals surface area contributed by atoms with Crippen LogP contribution in [0.4, 0.5) is 0 Å². The van der Waals surface area contributed by atoms with E-state index in [1.165, 1.54) is 0 Å². The third-order valence-corrected chi connectivity index (χ3v) is 2.63. The molecule has 1 heterocycles. The molecule has 0 bridgehead atoms. The lowest BCUT2D eigenvalue weighted by Crippen LogP contribution is -2.06. The van der Waals surface area contributed by atoms with Gasteiger partial charge in [-0.2, -0.15) is 0 Å². The molecule has 1 aromatic carbocycles. The minimum atomic E-state index is -0.188. The van der Waals surface area contributed by atoms with Crippen molar-refractivity contribution >= 4 is 0 Å². The largest absolute Gasteiger partial charge is 0.497 e. The van der Waals surface area contributed by atoms with Gasteiger partial charge in [-0.15, -0.1) is 5.10 Å². The van der Waals surface area contributed by atoms with Crippen molar-refractivity contribution < 1.29 is 14.9 Å². The predicted octanol–water partition coefficient (Wildman–Crippen LogP) is 0.438. The first-order valence-electron chi connectivity index (χ1n) is 5.58. The van der Waals surface area contributed by atoms with Crippen LogP contribution < -0.4 is 4.74 Å². The highest BCUT2D eigenvalue weighted by Gasteiger charge is 2.13. The van der Waals surface area contributed by atoms with E-state index in [9.17, 15) is 5.11 Å². The van der Waals surface area contributed by atoms with Crippen LogP contribution in [0.1, 0.15) is 5.69 Å². The van der Waals surface area contributed by atoms with Gasteiger partial charge in [-0.05, 0) is 24.3 Å². The predicted molar refractivity (Wildman–Crippen MR) is 65.0 cm³/mol. The van der Waals surface area contributed by atoms with Crippen LogP contribution in [0.2, 0.25) is 0 Å². The van der Waals surface area contributed by atoms with Crippen LogP contribution in [-0.2, 0) is 13.2 Å². The molecule has 2 aromatic rings. The molecule has 96 valence electrons. The van der Waals surface area contributed by atoms with Gasteiger partial charge in [0.15, 0.2) is 0 Å². The van der Waals surface area contributed by atoms with E-state index < -0.39 is 0 Å². The molecule has 0 saturated carbocycles. The summed E-state index contributed by atoms with van der Waals surface area (Å²) in [5.74, 6) is 0.755. The van der Waals surface area contributed by atoms with E-state index >= 15 is 0 Å². The van der Waals surface area contributed by atoms with Crippen LogP contribution in [0.15, 0.2) is 24.3 Å². The normalized spacial score (nSPS) is 10.6. The van der Waals surface area contributed by atoms with E-state index in [0.29, 0.717) is 17.9 Å². The summed E-state index contributed by atoms with van der Waals surface area (Å²) < 4.78 is 6.67. The van der Waals surface area contributed by atoms with E-state index in [0.717, 1.165) is 11.3 Å². The van der Waals surface area contributed by atoms with Crippen molar-refractivity contribution in [3.05, 3.63) is 30.0 Å². The molecular weight excluding hydrogens is 234 g/mol. The summed E-state index contributed by atoms with van der Waals surface area (Å²) >= 11 is 0. The van der Waals surface area contributed by atoms with E-state index in [1.54, 1.807) is 11.8 Å². The van der Waals surface area contributed by atoms with E-state index in [4.69, 9.17) is 9.84 Å². The van der Waals surface area contributed by atoms with Crippen molar-refractivity contribution in [1.82, 2.24) is 15.0 Å². The molecule has 0 fully saturated rings. The van der Waals surface area contributed by atoms with Crippen LogP contribution in [0.25, 0.3) is 11.3 Å². The molecule has 0 aliphatic rings. The number of ether oxygens (including phenoxy) is 1. The molecule has 1 aromatic heterocycles. The number of hydrogen-bond acceptors (Lipinski definition) is 5. The van der Waals surface area contributed by atoms with Gasteiger partial charge in [0.2, 0.25) is 0 Å². The van der Waals surface area contributed by atoms with Crippen molar-refractivity contribution in [2.75, 3.05) is 13.7 Å². The van der Waals surface area contributed by atoms with Crippen molar-refractivity contribution in [3.8, 4) is 17.0 Å². The molecule has 0 aliphatic carbocycles. The Kier molecular flexibility index (Phi) is 3.91. The molecule has 2 rings (SSSR count). The molecule has 6 nitrogen and oxygen atoms in total. The maximum Gasteiger partial charge on any atom is 0.118 e. The Hall–Kier alpha value is -1.92. The standard InChI is InChI=1S/C12H15N3O3/c1-18-10-4-2-9(3-5-10)12-11(8-17)13-14-15(12)6-7-16/h2-5,16-17H,6-8H2,1H3. The summed E-state index contributed by atoms with van der Waals surface area (Å²) in [7, 11) is 1.60. The number of aliphatic hydroxyl groups excluding tert-OH is 2. The van der Waals surface area contributed by atoms with E-state index in [1.807, 2.05) is 24.3 Å². The van der Waals surface area contributed by atoms with Crippen LogP contribution >= 0.6 is 0 Å². The van der Waals surface area contributed by atoms with Crippen molar-refractivity contribution in [2.24, 2.45) is 0 Å². The fourth-order valence-corrected chi connectivity index (χ4v) is 1.77. The number of aliphatic hydroxyl groups is 2. The quantitative estimate of drug-likeness (QED) is 0.803. The maximum atomic E-state index is 9.26. The Labute approximate surface area is 104 Å². The summed E-state index contributed by atoms with van der Waals surface area (Å²) in [4.78, 5) is 0. The minimum absolute atomic E-state index is 0.0304. The number of benzene rings is 1. The Morgan fingerprint density at radius 3 is 2.50 bits per heavy atom. The molecule has 0 spiro atoms. The number of aromatic nitrogens is 3. The molecule has 0 atom stereocenters. The summed E-state index contributed by atoms with van der Waals surface area (Å²) in [6, 6.07) is 7.38. The average Bonchev–Trinajstić information content (AvgIpc) is 2.82. The van der Waals surface area contributed by atoms with Gasteiger partial charge < -0.3 is 14.9 Å². The third kappa shape index (κ3) is 2.34. The average molecular weight is 249 g/mol. The second-order valence-electron chi connectivity index (χ2n) is 3.72. The van der Waals surface area contributed by atoms with Gasteiger partial charge in [0.1, 0.15) is 11.4 Å². The molecule has 0 radical (unpaired) electrons. The number of hydrogen-bond donors (Lipinski definition) is 2. The molecule has 0 saturated heterocycles. The number of nitrogens with zero attached hydrogens (tertiary/aromatic N) is 3. The number of methoxy groups -OCH3 is 1. The third-order valence-electron chi connectivity index (χ3n) is 2.63. The molecule has 0 aliphatic heterocycles. The first-order chi connectivity index (χ1) is 8.80. The van der Waals surface area contributed by atoms with Gasteiger partial charge >= 0.3 is 0 Å². The van der Waals surface area contributed by atoms with Gasteiger partial charge in [0.25, 0.3) is 0 Å². The first kappa shape index (κ1) is 12.5. The van der Waals surface area contributed by atoms with Crippen LogP contribution in [0.5, 0.6) is 5.75 Å². The first-order valence-corrected chi connectivity index (χ1v) is 5.58. The molecule has 0 amide bonds. The second-order valence-corrected chi connectivity index (χ2v) is 3.72. The van der Waals surface area contributed by atoms with E-state index in [-0.39, 0.29) is 13.2 Å². The molecular formula is C12H15N3O3. The van der Waals surface area contributed by atoms with Gasteiger partial charge in [-0.25, -0.2) is 4.68 Å². The zero-order valence-electron chi connectivity index (χ0n) is 10.1. The van der Waals surface area contributed by atoms with Crippen LogP contribution in [0, 0.1) is 0 Å². The summed E-state index contributed by atoms with van der Waals surface area (Å²) in [5.41, 5.74) is 2.08. The number of rotatable bonds is 5. The maximum absolute atomic E-state index is 9.26. The Bertz CT molecular complexity index is 508. The minimum Gasteiger partial charge on any atom is -0.497 e. The SMILES string of the molecule is COc1ccc(-c2c(CO)nnn2CCO)cc1. The molecule has 0 unspecified atom stereocenters. The Balaban J connectivity index is 2.43. The van der Waals surface area contributed by atoms with Crippen molar-refractivity contribution in [2.45, 2.75) is 13.2 Å². The molecule has 6 heteroatoms. The lowest BCUT2D eigenvalue weighted by atomic mass is 10.1. The van der Waals surface area contributed by atoms with Gasteiger partial charge in [-0.1, -0.05) is 5.21 Å². The summed E-state index contributed by atoms with van der Waals surface area (Å²) in [6.07, 6.45) is 0. The topological polar surface area (TPSA) is 80.4 Å². The lowest BCUT2D eigenvalue weighted by molar-refractivity contribution is 0.268. The van der Waals surface area contributed by atoms with Gasteiger partial charge in [-0.3, -0.25) is 0 Å². The van der Waals surface area contributed by atoms with E-state index in [2.05, 4.69) is 10.3 Å². The van der Waals surface area contributed by atoms with Crippen LogP contribution in [-0.4, -0.2) is 38.9 Å². The van der Waals surface area contributed by atoms with Crippen LogP contribution in [0.3, 0.4) is 0 Å². The highest BCUT2D eigenvalue weighted by Crippen LogP contribution is 2.24.